The van der Waals surface area contributed by atoms with Gasteiger partial charge in [-0.2, -0.15) is 0 Å². The Hall–Kier alpha value is -2.36. The molecule has 1 atom stereocenters. The lowest BCUT2D eigenvalue weighted by Gasteiger charge is -2.20. The lowest BCUT2D eigenvalue weighted by atomic mass is 9.87. The number of hydrogen-bond donors (Lipinski definition) is 1. The number of ether oxygens (including phenoxy) is 1. The first-order valence-corrected chi connectivity index (χ1v) is 8.05. The second kappa shape index (κ2) is 7.47. The average molecular weight is 329 g/mol. The molecule has 3 nitrogen and oxygen atoms in total. The molecule has 0 saturated carbocycles. The lowest BCUT2D eigenvalue weighted by molar-refractivity contribution is -0.127. The van der Waals surface area contributed by atoms with Gasteiger partial charge in [-0.1, -0.05) is 45.0 Å². The van der Waals surface area contributed by atoms with Crippen LogP contribution in [-0.4, -0.2) is 12.0 Å². The second-order valence-electron chi connectivity index (χ2n) is 6.88. The lowest BCUT2D eigenvalue weighted by Crippen LogP contribution is -2.35. The molecule has 0 aliphatic heterocycles. The Balaban J connectivity index is 1.88. The molecule has 24 heavy (non-hydrogen) atoms. The van der Waals surface area contributed by atoms with Crippen molar-refractivity contribution in [2.75, 3.05) is 0 Å². The number of rotatable bonds is 5. The Bertz CT molecular complexity index is 672. The van der Waals surface area contributed by atoms with Crippen molar-refractivity contribution >= 4 is 5.91 Å². The number of amides is 1. The van der Waals surface area contributed by atoms with Gasteiger partial charge in [0.25, 0.3) is 5.91 Å². The predicted molar refractivity (Wildman–Crippen MR) is 93.5 cm³/mol. The summed E-state index contributed by atoms with van der Waals surface area (Å²) in [6, 6.07) is 13.8. The van der Waals surface area contributed by atoms with Crippen molar-refractivity contribution in [1.82, 2.24) is 5.32 Å². The van der Waals surface area contributed by atoms with Crippen LogP contribution in [0.3, 0.4) is 0 Å². The molecular weight excluding hydrogens is 305 g/mol. The molecular formula is C20H24FNO2. The Morgan fingerprint density at radius 3 is 2.21 bits per heavy atom. The molecule has 0 unspecified atom stereocenters. The molecule has 0 aliphatic rings. The van der Waals surface area contributed by atoms with Gasteiger partial charge in [0.15, 0.2) is 6.10 Å². The van der Waals surface area contributed by atoms with Crippen molar-refractivity contribution in [3.63, 3.8) is 0 Å². The minimum absolute atomic E-state index is 0.0800. The van der Waals surface area contributed by atoms with Gasteiger partial charge in [0, 0.05) is 6.54 Å². The smallest absolute Gasteiger partial charge is 0.261 e. The maximum absolute atomic E-state index is 12.9. The van der Waals surface area contributed by atoms with Crippen LogP contribution in [0.1, 0.15) is 38.8 Å². The Kier molecular flexibility index (Phi) is 5.60. The summed E-state index contributed by atoms with van der Waals surface area (Å²) < 4.78 is 18.5. The number of nitrogens with one attached hydrogen (secondary N) is 1. The van der Waals surface area contributed by atoms with Crippen LogP contribution < -0.4 is 10.1 Å². The first-order chi connectivity index (χ1) is 11.3. The fourth-order valence-corrected chi connectivity index (χ4v) is 2.23. The Labute approximate surface area is 142 Å². The largest absolute Gasteiger partial charge is 0.481 e. The van der Waals surface area contributed by atoms with Crippen LogP contribution in [0, 0.1) is 5.82 Å². The number of hydrogen-bond acceptors (Lipinski definition) is 2. The first kappa shape index (κ1) is 18.0. The van der Waals surface area contributed by atoms with E-state index in [-0.39, 0.29) is 17.1 Å². The molecule has 0 bridgehead atoms. The molecule has 0 saturated heterocycles. The van der Waals surface area contributed by atoms with E-state index in [2.05, 4.69) is 26.1 Å². The van der Waals surface area contributed by atoms with Crippen LogP contribution >= 0.6 is 0 Å². The van der Waals surface area contributed by atoms with Crippen molar-refractivity contribution in [3.05, 3.63) is 65.5 Å². The van der Waals surface area contributed by atoms with Gasteiger partial charge in [-0.05, 0) is 47.7 Å². The highest BCUT2D eigenvalue weighted by molar-refractivity contribution is 5.80. The van der Waals surface area contributed by atoms with E-state index < -0.39 is 6.10 Å². The quantitative estimate of drug-likeness (QED) is 0.892. The molecule has 2 aromatic carbocycles. The third-order valence-electron chi connectivity index (χ3n) is 3.78. The number of halogens is 1. The molecule has 0 radical (unpaired) electrons. The zero-order valence-corrected chi connectivity index (χ0v) is 14.6. The van der Waals surface area contributed by atoms with Crippen LogP contribution in [0.5, 0.6) is 5.75 Å². The van der Waals surface area contributed by atoms with Crippen molar-refractivity contribution in [2.24, 2.45) is 0 Å². The average Bonchev–Trinajstić information content (AvgIpc) is 2.53. The van der Waals surface area contributed by atoms with E-state index in [9.17, 15) is 9.18 Å². The fraction of sp³-hybridized carbons (Fsp3) is 0.350. The summed E-state index contributed by atoms with van der Waals surface area (Å²) in [5, 5.41) is 2.79. The van der Waals surface area contributed by atoms with Gasteiger partial charge < -0.3 is 10.1 Å². The molecule has 2 rings (SSSR count). The van der Waals surface area contributed by atoms with Gasteiger partial charge in [-0.3, -0.25) is 4.79 Å². The first-order valence-electron chi connectivity index (χ1n) is 8.05. The van der Waals surface area contributed by atoms with Crippen molar-refractivity contribution < 1.29 is 13.9 Å². The topological polar surface area (TPSA) is 38.3 Å². The van der Waals surface area contributed by atoms with Crippen LogP contribution in [-0.2, 0) is 16.8 Å². The van der Waals surface area contributed by atoms with Crippen LogP contribution in [0.2, 0.25) is 0 Å². The zero-order chi connectivity index (χ0) is 17.7. The highest BCUT2D eigenvalue weighted by atomic mass is 19.1. The van der Waals surface area contributed by atoms with Crippen LogP contribution in [0.4, 0.5) is 4.39 Å². The third kappa shape index (κ3) is 5.08. The SMILES string of the molecule is C[C@@H](Oc1ccc(C(C)(C)C)cc1)C(=O)NCc1ccc(F)cc1. The van der Waals surface area contributed by atoms with Gasteiger partial charge in [-0.15, -0.1) is 0 Å². The summed E-state index contributed by atoms with van der Waals surface area (Å²) in [5.41, 5.74) is 2.13. The van der Waals surface area contributed by atoms with E-state index in [1.807, 2.05) is 24.3 Å². The molecule has 0 aromatic heterocycles. The monoisotopic (exact) mass is 329 g/mol. The van der Waals surface area contributed by atoms with E-state index in [4.69, 9.17) is 4.74 Å². The van der Waals surface area contributed by atoms with Crippen molar-refractivity contribution in [1.29, 1.82) is 0 Å². The summed E-state index contributed by atoms with van der Waals surface area (Å²) in [7, 11) is 0. The fourth-order valence-electron chi connectivity index (χ4n) is 2.23. The molecule has 128 valence electrons. The second-order valence-corrected chi connectivity index (χ2v) is 6.88. The van der Waals surface area contributed by atoms with E-state index >= 15 is 0 Å². The number of carbonyl (C=O) groups is 1. The molecule has 1 N–H and O–H groups in total. The highest BCUT2D eigenvalue weighted by Crippen LogP contribution is 2.24. The minimum atomic E-state index is -0.606. The molecule has 0 aliphatic carbocycles. The van der Waals surface area contributed by atoms with E-state index in [1.165, 1.54) is 17.7 Å². The van der Waals surface area contributed by atoms with Gasteiger partial charge in [0.2, 0.25) is 0 Å². The Morgan fingerprint density at radius 1 is 1.08 bits per heavy atom. The van der Waals surface area contributed by atoms with Crippen LogP contribution in [0.15, 0.2) is 48.5 Å². The molecule has 1 amide bonds. The summed E-state index contributed by atoms with van der Waals surface area (Å²) >= 11 is 0. The van der Waals surface area contributed by atoms with Gasteiger partial charge >= 0.3 is 0 Å². The maximum atomic E-state index is 12.9. The van der Waals surface area contributed by atoms with E-state index in [1.54, 1.807) is 19.1 Å². The number of carbonyl (C=O) groups excluding carboxylic acids is 1. The van der Waals surface area contributed by atoms with Crippen LogP contribution in [0.25, 0.3) is 0 Å². The molecule has 4 heteroatoms. The molecule has 0 fully saturated rings. The highest BCUT2D eigenvalue weighted by Gasteiger charge is 2.16. The number of benzene rings is 2. The summed E-state index contributed by atoms with van der Waals surface area (Å²) in [4.78, 5) is 12.1. The summed E-state index contributed by atoms with van der Waals surface area (Å²) in [6.45, 7) is 8.49. The van der Waals surface area contributed by atoms with Gasteiger partial charge in [-0.25, -0.2) is 4.39 Å². The normalized spacial score (nSPS) is 12.5. The van der Waals surface area contributed by atoms with E-state index in [0.29, 0.717) is 12.3 Å². The summed E-state index contributed by atoms with van der Waals surface area (Å²) in [5.74, 6) is 0.159. The molecule has 2 aromatic rings. The Morgan fingerprint density at radius 2 is 1.67 bits per heavy atom. The minimum Gasteiger partial charge on any atom is -0.481 e. The molecule has 0 heterocycles. The standard InChI is InChI=1S/C20H24FNO2/c1-14(19(23)22-13-15-5-9-17(21)10-6-15)24-18-11-7-16(8-12-18)20(2,3)4/h5-12,14H,13H2,1-4H3,(H,22,23)/t14-/m1/s1. The third-order valence-corrected chi connectivity index (χ3v) is 3.78. The summed E-state index contributed by atoms with van der Waals surface area (Å²) in [6.07, 6.45) is -0.606. The van der Waals surface area contributed by atoms with Gasteiger partial charge in [0.05, 0.1) is 0 Å². The maximum Gasteiger partial charge on any atom is 0.261 e. The van der Waals surface area contributed by atoms with E-state index in [0.717, 1.165) is 5.56 Å². The molecule has 0 spiro atoms. The van der Waals surface area contributed by atoms with Crippen molar-refractivity contribution in [3.8, 4) is 5.75 Å². The predicted octanol–water partition coefficient (Wildman–Crippen LogP) is 4.21. The van der Waals surface area contributed by atoms with Crippen molar-refractivity contribution in [2.45, 2.75) is 45.8 Å². The van der Waals surface area contributed by atoms with Gasteiger partial charge in [0.1, 0.15) is 11.6 Å². The zero-order valence-electron chi connectivity index (χ0n) is 14.6.